The summed E-state index contributed by atoms with van der Waals surface area (Å²) < 4.78 is 56.7. The lowest BCUT2D eigenvalue weighted by molar-refractivity contribution is -0.124. The first-order valence-electron chi connectivity index (χ1n) is 17.4. The third kappa shape index (κ3) is 10.8. The molecule has 16 heteroatoms. The molecule has 0 saturated carbocycles. The number of rotatable bonds is 0. The first-order valence-corrected chi connectivity index (χ1v) is 21.9. The highest BCUT2D eigenvalue weighted by atomic mass is 32.2. The van der Waals surface area contributed by atoms with Crippen LogP contribution in [0.2, 0.25) is 0 Å². The van der Waals surface area contributed by atoms with Gasteiger partial charge in [0.2, 0.25) is 5.91 Å². The predicted molar refractivity (Wildman–Crippen MR) is 190 cm³/mol. The van der Waals surface area contributed by atoms with Gasteiger partial charge in [-0.1, -0.05) is 0 Å². The number of hydrogen-bond donors (Lipinski definition) is 1. The van der Waals surface area contributed by atoms with Gasteiger partial charge in [-0.3, -0.25) is 9.00 Å². The molecule has 0 aromatic rings. The van der Waals surface area contributed by atoms with Crippen molar-refractivity contribution in [2.75, 3.05) is 148 Å². The Hall–Kier alpha value is -0.400. The molecule has 5 unspecified atom stereocenters. The van der Waals surface area contributed by atoms with Gasteiger partial charge in [-0.05, 0) is 53.2 Å². The second kappa shape index (κ2) is 16.5. The molecule has 1 amide bonds. The minimum absolute atomic E-state index is 0.0577. The van der Waals surface area contributed by atoms with E-state index < -0.39 is 20.6 Å². The Labute approximate surface area is 294 Å². The van der Waals surface area contributed by atoms with E-state index in [1.54, 1.807) is 0 Å². The van der Waals surface area contributed by atoms with Crippen LogP contribution >= 0.6 is 11.8 Å². The summed E-state index contributed by atoms with van der Waals surface area (Å²) in [6, 6.07) is 0. The Bertz CT molecular complexity index is 1180. The molecule has 8 fully saturated rings. The van der Waals surface area contributed by atoms with Crippen molar-refractivity contribution in [3.05, 3.63) is 0 Å². The average molecular weight is 738 g/mol. The molecule has 13 nitrogen and oxygen atoms in total. The number of thioether (sulfide) groups is 1. The molecule has 0 bridgehead atoms. The van der Waals surface area contributed by atoms with Crippen molar-refractivity contribution in [1.29, 1.82) is 0 Å². The topological polar surface area (TPSA) is 130 Å². The quantitative estimate of drug-likeness (QED) is 0.340. The molecule has 0 radical (unpaired) electrons. The van der Waals surface area contributed by atoms with Crippen LogP contribution in [0.25, 0.3) is 0 Å². The highest BCUT2D eigenvalue weighted by molar-refractivity contribution is 7.99. The Morgan fingerprint density at radius 2 is 1.25 bits per heavy atom. The van der Waals surface area contributed by atoms with Gasteiger partial charge in [-0.25, -0.2) is 8.42 Å². The number of morpholine rings is 4. The third-order valence-corrected chi connectivity index (χ3v) is 15.0. The molecular weight excluding hydrogens is 679 g/mol. The monoisotopic (exact) mass is 737 g/mol. The largest absolute Gasteiger partial charge is 0.371 e. The molecule has 4 spiro atoms. The van der Waals surface area contributed by atoms with Crippen LogP contribution in [0.1, 0.15) is 25.7 Å². The predicted octanol–water partition coefficient (Wildman–Crippen LogP) is -0.623. The number of nitrogens with one attached hydrogen (secondary N) is 1. The number of hydrogen-bond acceptors (Lipinski definition) is 13. The van der Waals surface area contributed by atoms with E-state index in [4.69, 9.17) is 18.9 Å². The van der Waals surface area contributed by atoms with Crippen LogP contribution in [0.3, 0.4) is 0 Å². The standard InChI is InChI=1S/C8H14N2O2.C8H15NO3S.C8H15NO2S.C8H15NOS/c1-10-2-3-12-8(6-10)4-7(11)9-5-8;1-9-3-4-12-8(6-9)2-5-13(10,11)7-8;1-9-3-4-11-8(6-9)2-5-12(10)7-8;1-9-3-4-10-8(6-9)2-5-11-7-8/h2-6H2,1H3,(H,9,11);2-7H2,1H3;2-7H2,1H3;2-7H2,1H3. The van der Waals surface area contributed by atoms with Crippen molar-refractivity contribution in [3.8, 4) is 0 Å². The molecule has 1 N–H and O–H groups in total. The molecule has 0 aromatic carbocycles. The van der Waals surface area contributed by atoms with E-state index in [0.29, 0.717) is 31.7 Å². The zero-order chi connectivity index (χ0) is 34.5. The maximum absolute atomic E-state index is 11.3. The highest BCUT2D eigenvalue weighted by Crippen LogP contribution is 2.34. The van der Waals surface area contributed by atoms with Crippen LogP contribution < -0.4 is 5.32 Å². The van der Waals surface area contributed by atoms with Gasteiger partial charge >= 0.3 is 0 Å². The maximum Gasteiger partial charge on any atom is 0.223 e. The van der Waals surface area contributed by atoms with Gasteiger partial charge in [0.1, 0.15) is 5.60 Å². The fraction of sp³-hybridized carbons (Fsp3) is 0.969. The summed E-state index contributed by atoms with van der Waals surface area (Å²) in [5, 5.41) is 2.81. The normalized spacial score (nSPS) is 40.2. The Morgan fingerprint density at radius 1 is 0.729 bits per heavy atom. The van der Waals surface area contributed by atoms with Crippen molar-refractivity contribution in [1.82, 2.24) is 24.9 Å². The molecular formula is C32H59N5O8S3. The lowest BCUT2D eigenvalue weighted by atomic mass is 10.0. The van der Waals surface area contributed by atoms with Crippen molar-refractivity contribution in [2.24, 2.45) is 0 Å². The number of carbonyl (C=O) groups is 1. The molecule has 8 saturated heterocycles. The van der Waals surface area contributed by atoms with E-state index >= 15 is 0 Å². The minimum atomic E-state index is -2.83. The lowest BCUT2D eigenvalue weighted by Crippen LogP contribution is -2.51. The molecule has 48 heavy (non-hydrogen) atoms. The number of sulfone groups is 1. The number of amides is 1. The highest BCUT2D eigenvalue weighted by Gasteiger charge is 2.46. The number of carbonyl (C=O) groups excluding carboxylic acids is 1. The Kier molecular flexibility index (Phi) is 13.4. The lowest BCUT2D eigenvalue weighted by Gasteiger charge is -2.38. The molecule has 0 aromatic heterocycles. The van der Waals surface area contributed by atoms with Crippen LogP contribution in [-0.2, 0) is 44.4 Å². The zero-order valence-electron chi connectivity index (χ0n) is 29.5. The summed E-state index contributed by atoms with van der Waals surface area (Å²) in [4.78, 5) is 20.0. The van der Waals surface area contributed by atoms with Crippen molar-refractivity contribution >= 4 is 38.3 Å². The third-order valence-electron chi connectivity index (χ3n) is 10.5. The first-order chi connectivity index (χ1) is 22.7. The second-order valence-electron chi connectivity index (χ2n) is 15.2. The summed E-state index contributed by atoms with van der Waals surface area (Å²) in [6.45, 7) is 11.5. The Morgan fingerprint density at radius 3 is 1.71 bits per heavy atom. The van der Waals surface area contributed by atoms with Gasteiger partial charge in [-0.2, -0.15) is 11.8 Å². The summed E-state index contributed by atoms with van der Waals surface area (Å²) in [5.74, 6) is 4.69. The van der Waals surface area contributed by atoms with Crippen LogP contribution in [-0.4, -0.2) is 209 Å². The number of likely N-dealkylation sites (N-methyl/N-ethyl adjacent to an activating group) is 4. The summed E-state index contributed by atoms with van der Waals surface area (Å²) in [6.07, 6.45) is 3.42. The number of nitrogens with zero attached hydrogens (tertiary/aromatic N) is 4. The molecule has 8 aliphatic heterocycles. The summed E-state index contributed by atoms with van der Waals surface area (Å²) in [5.41, 5.74) is -0.425. The van der Waals surface area contributed by atoms with E-state index in [-0.39, 0.29) is 34.1 Å². The van der Waals surface area contributed by atoms with Crippen LogP contribution in [0, 0.1) is 0 Å². The van der Waals surface area contributed by atoms with Gasteiger partial charge < -0.3 is 43.9 Å². The first kappa shape index (κ1) is 38.8. The van der Waals surface area contributed by atoms with E-state index in [1.807, 2.05) is 18.8 Å². The molecule has 8 rings (SSSR count). The van der Waals surface area contributed by atoms with E-state index in [1.165, 1.54) is 17.9 Å². The van der Waals surface area contributed by atoms with E-state index in [2.05, 4.69) is 46.1 Å². The smallest absolute Gasteiger partial charge is 0.223 e. The van der Waals surface area contributed by atoms with Gasteiger partial charge in [0, 0.05) is 81.2 Å². The van der Waals surface area contributed by atoms with Crippen molar-refractivity contribution in [2.45, 2.75) is 48.1 Å². The van der Waals surface area contributed by atoms with Gasteiger partial charge in [0.05, 0.1) is 66.9 Å². The van der Waals surface area contributed by atoms with Crippen molar-refractivity contribution < 1.29 is 36.4 Å². The number of ether oxygens (including phenoxy) is 4. The van der Waals surface area contributed by atoms with Gasteiger partial charge in [0.15, 0.2) is 9.84 Å². The molecule has 278 valence electrons. The molecule has 8 heterocycles. The van der Waals surface area contributed by atoms with Crippen molar-refractivity contribution in [3.63, 3.8) is 0 Å². The fourth-order valence-corrected chi connectivity index (χ4v) is 12.9. The van der Waals surface area contributed by atoms with E-state index in [0.717, 1.165) is 90.1 Å². The van der Waals surface area contributed by atoms with Crippen LogP contribution in [0.5, 0.6) is 0 Å². The zero-order valence-corrected chi connectivity index (χ0v) is 32.0. The summed E-state index contributed by atoms with van der Waals surface area (Å²) >= 11 is 2.03. The Balaban J connectivity index is 0.000000125. The molecule has 5 atom stereocenters. The SMILES string of the molecule is CN1CCOC2(CCS(=O)(=O)C2)C1.CN1CCOC2(CCS(=O)C2)C1.CN1CCOC2(CCSC2)C1.CN1CCOC2(CNC(=O)C2)C1. The van der Waals surface area contributed by atoms with Crippen LogP contribution in [0.15, 0.2) is 0 Å². The fourth-order valence-electron chi connectivity index (χ4n) is 7.96. The average Bonchev–Trinajstić information content (AvgIpc) is 3.77. The van der Waals surface area contributed by atoms with E-state index in [9.17, 15) is 17.4 Å². The summed E-state index contributed by atoms with van der Waals surface area (Å²) in [7, 11) is 4.91. The van der Waals surface area contributed by atoms with Crippen LogP contribution in [0.4, 0.5) is 0 Å². The minimum Gasteiger partial charge on any atom is -0.371 e. The van der Waals surface area contributed by atoms with Gasteiger partial charge in [0.25, 0.3) is 0 Å². The second-order valence-corrected chi connectivity index (χ2v) is 20.1. The molecule has 8 aliphatic rings. The van der Waals surface area contributed by atoms with Gasteiger partial charge in [-0.15, -0.1) is 0 Å². The maximum atomic E-state index is 11.3. The molecule has 0 aliphatic carbocycles.